The molecule has 0 saturated carbocycles. The summed E-state index contributed by atoms with van der Waals surface area (Å²) in [5.41, 5.74) is 0.385. The molecule has 2 heterocycles. The van der Waals surface area contributed by atoms with E-state index in [0.29, 0.717) is 6.54 Å². The van der Waals surface area contributed by atoms with Crippen LogP contribution in [0.25, 0.3) is 0 Å². The minimum absolute atomic E-state index is 0.00570. The van der Waals surface area contributed by atoms with Crippen molar-refractivity contribution in [2.75, 3.05) is 18.4 Å². The summed E-state index contributed by atoms with van der Waals surface area (Å²) in [6.07, 6.45) is 1.60. The lowest BCUT2D eigenvalue weighted by atomic mass is 9.83. The van der Waals surface area contributed by atoms with Gasteiger partial charge in [-0.25, -0.2) is 4.98 Å². The predicted molar refractivity (Wildman–Crippen MR) is 69.5 cm³/mol. The second-order valence-corrected chi connectivity index (χ2v) is 4.84. The fraction of sp³-hybridized carbons (Fsp3) is 0.538. The van der Waals surface area contributed by atoms with Crippen LogP contribution in [0.3, 0.4) is 0 Å². The summed E-state index contributed by atoms with van der Waals surface area (Å²) in [5.74, 6) is 0.189. The van der Waals surface area contributed by atoms with Crippen molar-refractivity contribution in [2.24, 2.45) is 5.41 Å². The maximum atomic E-state index is 12.3. The molecule has 2 rings (SSSR count). The average Bonchev–Trinajstić information content (AvgIpc) is 2.84. The summed E-state index contributed by atoms with van der Waals surface area (Å²) in [5, 5.41) is 15.6. The van der Waals surface area contributed by atoms with Gasteiger partial charge in [0.2, 0.25) is 5.91 Å². The van der Waals surface area contributed by atoms with Gasteiger partial charge in [0.05, 0.1) is 5.41 Å². The molecule has 1 unspecified atom stereocenters. The molecule has 5 nitrogen and oxygen atoms in total. The zero-order valence-electron chi connectivity index (χ0n) is 10.8. The molecule has 1 fully saturated rings. The number of nitrogens with one attached hydrogen (secondary N) is 2. The van der Waals surface area contributed by atoms with Gasteiger partial charge in [0, 0.05) is 12.2 Å². The Morgan fingerprint density at radius 3 is 3.00 bits per heavy atom. The summed E-state index contributed by atoms with van der Waals surface area (Å²) in [6, 6.07) is 3.25. The van der Waals surface area contributed by atoms with E-state index in [4.69, 9.17) is 0 Å². The molecule has 0 aromatic carbocycles. The number of hydrogen-bond acceptors (Lipinski definition) is 4. The smallest absolute Gasteiger partial charge is 0.233 e. The zero-order valence-corrected chi connectivity index (χ0v) is 10.8. The molecule has 5 heteroatoms. The molecule has 1 aromatic rings. The van der Waals surface area contributed by atoms with Gasteiger partial charge >= 0.3 is 0 Å². The first-order chi connectivity index (χ1) is 8.57. The molecule has 1 aliphatic heterocycles. The Morgan fingerprint density at radius 2 is 2.39 bits per heavy atom. The minimum atomic E-state index is -0.377. The van der Waals surface area contributed by atoms with E-state index in [9.17, 15) is 9.90 Å². The van der Waals surface area contributed by atoms with Crippen molar-refractivity contribution in [3.8, 4) is 5.75 Å². The Hall–Kier alpha value is -1.62. The van der Waals surface area contributed by atoms with E-state index in [1.54, 1.807) is 12.1 Å². The van der Waals surface area contributed by atoms with E-state index in [2.05, 4.69) is 15.6 Å². The van der Waals surface area contributed by atoms with Crippen LogP contribution in [0.5, 0.6) is 5.75 Å². The molecule has 3 N–H and O–H groups in total. The molecule has 1 atom stereocenters. The number of rotatable bonds is 3. The molecule has 1 aliphatic rings. The molecule has 1 saturated heterocycles. The van der Waals surface area contributed by atoms with Crippen LogP contribution < -0.4 is 10.6 Å². The van der Waals surface area contributed by atoms with E-state index >= 15 is 0 Å². The normalized spacial score (nSPS) is 23.0. The first kappa shape index (κ1) is 12.8. The van der Waals surface area contributed by atoms with Gasteiger partial charge in [-0.15, -0.1) is 0 Å². The van der Waals surface area contributed by atoms with Crippen molar-refractivity contribution in [3.63, 3.8) is 0 Å². The van der Waals surface area contributed by atoms with Crippen LogP contribution in [0.1, 0.15) is 25.5 Å². The van der Waals surface area contributed by atoms with Crippen molar-refractivity contribution in [2.45, 2.75) is 26.7 Å². The number of carbonyl (C=O) groups excluding carboxylic acids is 1. The number of anilines is 1. The monoisotopic (exact) mass is 249 g/mol. The molecule has 0 bridgehead atoms. The summed E-state index contributed by atoms with van der Waals surface area (Å²) < 4.78 is 0. The summed E-state index contributed by atoms with van der Waals surface area (Å²) in [7, 11) is 0. The van der Waals surface area contributed by atoms with Gasteiger partial charge in [0.15, 0.2) is 11.6 Å². The molecule has 98 valence electrons. The van der Waals surface area contributed by atoms with Gasteiger partial charge in [0.25, 0.3) is 0 Å². The van der Waals surface area contributed by atoms with E-state index < -0.39 is 0 Å². The van der Waals surface area contributed by atoms with E-state index in [0.717, 1.165) is 25.1 Å². The van der Waals surface area contributed by atoms with E-state index in [-0.39, 0.29) is 22.9 Å². The standard InChI is InChI=1S/C13H19N3O2/c1-3-13(6-7-14-8-13)12(18)16-11-10(17)5-4-9(2)15-11/h4-5,14,17H,3,6-8H2,1-2H3,(H,15,16,18). The predicted octanol–water partition coefficient (Wildman–Crippen LogP) is 1.42. The van der Waals surface area contributed by atoms with Crippen LogP contribution in [-0.2, 0) is 4.79 Å². The van der Waals surface area contributed by atoms with Crippen LogP contribution in [0.15, 0.2) is 12.1 Å². The lowest BCUT2D eigenvalue weighted by molar-refractivity contribution is -0.124. The molecule has 1 aromatic heterocycles. The Kier molecular flexibility index (Phi) is 3.52. The van der Waals surface area contributed by atoms with Crippen LogP contribution in [0.2, 0.25) is 0 Å². The first-order valence-corrected chi connectivity index (χ1v) is 6.26. The Bertz CT molecular complexity index is 454. The quantitative estimate of drug-likeness (QED) is 0.757. The number of pyridine rings is 1. The van der Waals surface area contributed by atoms with Crippen molar-refractivity contribution in [1.82, 2.24) is 10.3 Å². The molecular weight excluding hydrogens is 230 g/mol. The molecule has 18 heavy (non-hydrogen) atoms. The number of aryl methyl sites for hydroxylation is 1. The van der Waals surface area contributed by atoms with Crippen LogP contribution in [-0.4, -0.2) is 29.1 Å². The van der Waals surface area contributed by atoms with Crippen molar-refractivity contribution in [3.05, 3.63) is 17.8 Å². The summed E-state index contributed by atoms with van der Waals surface area (Å²) in [4.78, 5) is 16.5. The highest BCUT2D eigenvalue weighted by atomic mass is 16.3. The lowest BCUT2D eigenvalue weighted by Gasteiger charge is -2.25. The third-order valence-electron chi connectivity index (χ3n) is 3.65. The molecule has 1 amide bonds. The van der Waals surface area contributed by atoms with E-state index in [1.165, 1.54) is 0 Å². The highest BCUT2D eigenvalue weighted by molar-refractivity contribution is 5.96. The van der Waals surface area contributed by atoms with Crippen molar-refractivity contribution >= 4 is 11.7 Å². The first-order valence-electron chi connectivity index (χ1n) is 6.26. The highest BCUT2D eigenvalue weighted by Crippen LogP contribution is 2.32. The number of nitrogens with zero attached hydrogens (tertiary/aromatic N) is 1. The second-order valence-electron chi connectivity index (χ2n) is 4.84. The van der Waals surface area contributed by atoms with Crippen molar-refractivity contribution < 1.29 is 9.90 Å². The number of amides is 1. The number of carbonyl (C=O) groups is 1. The number of aromatic hydroxyl groups is 1. The third-order valence-corrected chi connectivity index (χ3v) is 3.65. The zero-order chi connectivity index (χ0) is 13.2. The maximum Gasteiger partial charge on any atom is 0.233 e. The van der Waals surface area contributed by atoms with Crippen molar-refractivity contribution in [1.29, 1.82) is 0 Å². The SMILES string of the molecule is CCC1(C(=O)Nc2nc(C)ccc2O)CCNC1. The van der Waals surface area contributed by atoms with Crippen LogP contribution in [0.4, 0.5) is 5.82 Å². The Morgan fingerprint density at radius 1 is 1.61 bits per heavy atom. The Balaban J connectivity index is 2.18. The van der Waals surface area contributed by atoms with Crippen LogP contribution >= 0.6 is 0 Å². The lowest BCUT2D eigenvalue weighted by Crippen LogP contribution is -2.37. The number of hydrogen-bond donors (Lipinski definition) is 3. The van der Waals surface area contributed by atoms with Gasteiger partial charge in [0.1, 0.15) is 0 Å². The maximum absolute atomic E-state index is 12.3. The van der Waals surface area contributed by atoms with E-state index in [1.807, 2.05) is 13.8 Å². The van der Waals surface area contributed by atoms with Gasteiger partial charge in [-0.3, -0.25) is 4.79 Å². The molecular formula is C13H19N3O2. The summed E-state index contributed by atoms with van der Waals surface area (Å²) >= 11 is 0. The second kappa shape index (κ2) is 4.94. The molecule has 0 radical (unpaired) electrons. The average molecular weight is 249 g/mol. The third kappa shape index (κ3) is 2.31. The number of aromatic nitrogens is 1. The van der Waals surface area contributed by atoms with Gasteiger partial charge in [-0.1, -0.05) is 6.92 Å². The largest absolute Gasteiger partial charge is 0.504 e. The molecule has 0 spiro atoms. The van der Waals surface area contributed by atoms with Crippen LogP contribution in [0, 0.1) is 12.3 Å². The summed E-state index contributed by atoms with van der Waals surface area (Å²) in [6.45, 7) is 5.37. The van der Waals surface area contributed by atoms with Gasteiger partial charge < -0.3 is 15.7 Å². The van der Waals surface area contributed by atoms with Gasteiger partial charge in [-0.05, 0) is 38.4 Å². The van der Waals surface area contributed by atoms with Gasteiger partial charge in [-0.2, -0.15) is 0 Å². The Labute approximate surface area is 107 Å². The topological polar surface area (TPSA) is 74.2 Å². The highest BCUT2D eigenvalue weighted by Gasteiger charge is 2.39. The molecule has 0 aliphatic carbocycles. The minimum Gasteiger partial charge on any atom is -0.504 e. The fourth-order valence-corrected chi connectivity index (χ4v) is 2.28. The fourth-order valence-electron chi connectivity index (χ4n) is 2.28.